The number of hydrogen-bond acceptors (Lipinski definition) is 2. The Hall–Kier alpha value is -0.0800. The fraction of sp³-hybridized carbons (Fsp3) is 1.00. The third-order valence-corrected chi connectivity index (χ3v) is 4.86. The second kappa shape index (κ2) is 6.91. The van der Waals surface area contributed by atoms with Crippen LogP contribution in [0.25, 0.3) is 0 Å². The SMILES string of the molecule is CC(C)NCC1(CC2CCOCC2)CCCCC1. The summed E-state index contributed by atoms with van der Waals surface area (Å²) in [6.45, 7) is 7.77. The van der Waals surface area contributed by atoms with Crippen LogP contribution >= 0.6 is 0 Å². The Balaban J connectivity index is 1.90. The summed E-state index contributed by atoms with van der Waals surface area (Å²) in [6.07, 6.45) is 11.3. The zero-order chi connectivity index (χ0) is 12.8. The Morgan fingerprint density at radius 3 is 2.39 bits per heavy atom. The molecule has 106 valence electrons. The second-order valence-corrected chi connectivity index (χ2v) is 6.86. The van der Waals surface area contributed by atoms with Gasteiger partial charge in [0.2, 0.25) is 0 Å². The van der Waals surface area contributed by atoms with Gasteiger partial charge < -0.3 is 10.1 Å². The van der Waals surface area contributed by atoms with Gasteiger partial charge in [0.25, 0.3) is 0 Å². The number of rotatable bonds is 5. The summed E-state index contributed by atoms with van der Waals surface area (Å²) in [5, 5.41) is 3.71. The topological polar surface area (TPSA) is 21.3 Å². The highest BCUT2D eigenvalue weighted by molar-refractivity contribution is 4.88. The standard InChI is InChI=1S/C16H31NO/c1-14(2)17-13-16(8-4-3-5-9-16)12-15-6-10-18-11-7-15/h14-15,17H,3-13H2,1-2H3. The Bertz CT molecular complexity index is 227. The molecule has 0 aromatic rings. The first-order valence-electron chi connectivity index (χ1n) is 8.01. The van der Waals surface area contributed by atoms with Gasteiger partial charge >= 0.3 is 0 Å². The molecule has 1 N–H and O–H groups in total. The first-order chi connectivity index (χ1) is 8.70. The van der Waals surface area contributed by atoms with Crippen molar-refractivity contribution in [2.45, 2.75) is 71.3 Å². The summed E-state index contributed by atoms with van der Waals surface area (Å²) in [5.74, 6) is 0.922. The smallest absolute Gasteiger partial charge is 0.0468 e. The van der Waals surface area contributed by atoms with Crippen LogP contribution in [0.5, 0.6) is 0 Å². The third kappa shape index (κ3) is 4.24. The molecular weight excluding hydrogens is 222 g/mol. The lowest BCUT2D eigenvalue weighted by Gasteiger charge is -2.41. The molecule has 2 nitrogen and oxygen atoms in total. The maximum Gasteiger partial charge on any atom is 0.0468 e. The summed E-state index contributed by atoms with van der Waals surface area (Å²) in [4.78, 5) is 0. The molecule has 1 saturated heterocycles. The molecule has 1 saturated carbocycles. The summed E-state index contributed by atoms with van der Waals surface area (Å²) in [5.41, 5.74) is 0.602. The number of hydrogen-bond donors (Lipinski definition) is 1. The molecule has 2 aliphatic rings. The first kappa shape index (κ1) is 14.3. The van der Waals surface area contributed by atoms with Crippen molar-refractivity contribution < 1.29 is 4.74 Å². The van der Waals surface area contributed by atoms with Crippen LogP contribution in [0.2, 0.25) is 0 Å². The molecule has 2 fully saturated rings. The average molecular weight is 253 g/mol. The highest BCUT2D eigenvalue weighted by atomic mass is 16.5. The molecular formula is C16H31NO. The van der Waals surface area contributed by atoms with E-state index in [4.69, 9.17) is 4.74 Å². The van der Waals surface area contributed by atoms with E-state index in [9.17, 15) is 0 Å². The van der Waals surface area contributed by atoms with Crippen molar-refractivity contribution in [1.29, 1.82) is 0 Å². The molecule has 0 aromatic carbocycles. The molecule has 0 amide bonds. The van der Waals surface area contributed by atoms with Gasteiger partial charge in [-0.25, -0.2) is 0 Å². The lowest BCUT2D eigenvalue weighted by Crippen LogP contribution is -2.41. The molecule has 0 bridgehead atoms. The number of nitrogens with one attached hydrogen (secondary N) is 1. The van der Waals surface area contributed by atoms with Crippen LogP contribution < -0.4 is 5.32 Å². The van der Waals surface area contributed by atoms with Crippen LogP contribution in [0.15, 0.2) is 0 Å². The largest absolute Gasteiger partial charge is 0.381 e. The third-order valence-electron chi connectivity index (χ3n) is 4.86. The zero-order valence-electron chi connectivity index (χ0n) is 12.3. The van der Waals surface area contributed by atoms with Gasteiger partial charge in [0, 0.05) is 25.8 Å². The highest BCUT2D eigenvalue weighted by Crippen LogP contribution is 2.42. The van der Waals surface area contributed by atoms with Gasteiger partial charge in [0.05, 0.1) is 0 Å². The fourth-order valence-electron chi connectivity index (χ4n) is 3.74. The summed E-state index contributed by atoms with van der Waals surface area (Å²) in [6, 6.07) is 0.624. The van der Waals surface area contributed by atoms with E-state index in [2.05, 4.69) is 19.2 Å². The maximum atomic E-state index is 5.50. The summed E-state index contributed by atoms with van der Waals surface area (Å²) in [7, 11) is 0. The van der Waals surface area contributed by atoms with Gasteiger partial charge in [0.15, 0.2) is 0 Å². The molecule has 0 radical (unpaired) electrons. The average Bonchev–Trinajstić information content (AvgIpc) is 2.39. The molecule has 2 heteroatoms. The molecule has 1 aliphatic heterocycles. The van der Waals surface area contributed by atoms with Crippen LogP contribution in [-0.4, -0.2) is 25.8 Å². The van der Waals surface area contributed by atoms with Gasteiger partial charge in [-0.1, -0.05) is 33.1 Å². The molecule has 2 rings (SSSR count). The van der Waals surface area contributed by atoms with Gasteiger partial charge in [-0.15, -0.1) is 0 Å². The monoisotopic (exact) mass is 253 g/mol. The van der Waals surface area contributed by atoms with Crippen molar-refractivity contribution >= 4 is 0 Å². The molecule has 18 heavy (non-hydrogen) atoms. The molecule has 1 heterocycles. The quantitative estimate of drug-likeness (QED) is 0.805. The lowest BCUT2D eigenvalue weighted by atomic mass is 9.68. The van der Waals surface area contributed by atoms with E-state index in [1.54, 1.807) is 0 Å². The normalized spacial score (nSPS) is 25.5. The van der Waals surface area contributed by atoms with E-state index >= 15 is 0 Å². The molecule has 0 atom stereocenters. The Kier molecular flexibility index (Phi) is 5.50. The summed E-state index contributed by atoms with van der Waals surface area (Å²) < 4.78 is 5.50. The molecule has 0 spiro atoms. The van der Waals surface area contributed by atoms with Crippen molar-refractivity contribution in [3.63, 3.8) is 0 Å². The van der Waals surface area contributed by atoms with Crippen molar-refractivity contribution in [3.05, 3.63) is 0 Å². The fourth-order valence-corrected chi connectivity index (χ4v) is 3.74. The van der Waals surface area contributed by atoms with Gasteiger partial charge in [0.1, 0.15) is 0 Å². The zero-order valence-corrected chi connectivity index (χ0v) is 12.3. The predicted octanol–water partition coefficient (Wildman–Crippen LogP) is 3.75. The second-order valence-electron chi connectivity index (χ2n) is 6.86. The minimum Gasteiger partial charge on any atom is -0.381 e. The van der Waals surface area contributed by atoms with Crippen LogP contribution in [-0.2, 0) is 4.74 Å². The van der Waals surface area contributed by atoms with Gasteiger partial charge in [-0.3, -0.25) is 0 Å². The Morgan fingerprint density at radius 2 is 1.78 bits per heavy atom. The Morgan fingerprint density at radius 1 is 1.11 bits per heavy atom. The van der Waals surface area contributed by atoms with E-state index in [0.29, 0.717) is 11.5 Å². The van der Waals surface area contributed by atoms with E-state index in [0.717, 1.165) is 19.1 Å². The predicted molar refractivity (Wildman–Crippen MR) is 76.8 cm³/mol. The molecule has 0 aromatic heterocycles. The van der Waals surface area contributed by atoms with E-state index < -0.39 is 0 Å². The van der Waals surface area contributed by atoms with Crippen LogP contribution in [0.4, 0.5) is 0 Å². The molecule has 0 unspecified atom stereocenters. The van der Waals surface area contributed by atoms with Crippen molar-refractivity contribution in [1.82, 2.24) is 5.32 Å². The van der Waals surface area contributed by atoms with Gasteiger partial charge in [-0.05, 0) is 43.4 Å². The minimum atomic E-state index is 0.602. The van der Waals surface area contributed by atoms with Crippen molar-refractivity contribution in [3.8, 4) is 0 Å². The lowest BCUT2D eigenvalue weighted by molar-refractivity contribution is 0.0369. The van der Waals surface area contributed by atoms with E-state index in [1.807, 2.05) is 0 Å². The summed E-state index contributed by atoms with van der Waals surface area (Å²) >= 11 is 0. The van der Waals surface area contributed by atoms with Crippen molar-refractivity contribution in [2.24, 2.45) is 11.3 Å². The van der Waals surface area contributed by atoms with E-state index in [1.165, 1.54) is 57.9 Å². The van der Waals surface area contributed by atoms with Crippen LogP contribution in [0.1, 0.15) is 65.2 Å². The highest BCUT2D eigenvalue weighted by Gasteiger charge is 2.34. The van der Waals surface area contributed by atoms with Crippen LogP contribution in [0.3, 0.4) is 0 Å². The number of ether oxygens (including phenoxy) is 1. The molecule has 1 aliphatic carbocycles. The Labute approximate surface area is 113 Å². The van der Waals surface area contributed by atoms with Crippen molar-refractivity contribution in [2.75, 3.05) is 19.8 Å². The first-order valence-corrected chi connectivity index (χ1v) is 8.01. The maximum absolute atomic E-state index is 5.50. The minimum absolute atomic E-state index is 0.602. The van der Waals surface area contributed by atoms with Gasteiger partial charge in [-0.2, -0.15) is 0 Å². The van der Waals surface area contributed by atoms with E-state index in [-0.39, 0.29) is 0 Å². The van der Waals surface area contributed by atoms with Crippen LogP contribution in [0, 0.1) is 11.3 Å².